The summed E-state index contributed by atoms with van der Waals surface area (Å²) in [4.78, 5) is 13.6. The normalized spacial score (nSPS) is 49.9. The van der Waals surface area contributed by atoms with Crippen molar-refractivity contribution in [3.05, 3.63) is 17.7 Å². The monoisotopic (exact) mass is 453 g/mol. The Morgan fingerprint density at radius 2 is 1.97 bits per heavy atom. The van der Waals surface area contributed by atoms with E-state index >= 15 is 0 Å². The van der Waals surface area contributed by atoms with Crippen LogP contribution in [0.5, 0.6) is 0 Å². The minimum absolute atomic E-state index is 0.00518. The fraction of sp³-hybridized carbons (Fsp3) is 0.815. The van der Waals surface area contributed by atoms with E-state index in [2.05, 4.69) is 18.9 Å². The number of ketones is 1. The number of halogens is 1. The number of hydrogen-bond donors (Lipinski definition) is 1. The molecule has 0 bridgehead atoms. The molecule has 6 heteroatoms. The number of carbonyl (C=O) groups excluding carboxylic acids is 1. The van der Waals surface area contributed by atoms with Gasteiger partial charge in [0.2, 0.25) is 5.95 Å². The second kappa shape index (κ2) is 7.13. The van der Waals surface area contributed by atoms with Crippen LogP contribution in [-0.2, 0) is 11.3 Å². The maximum atomic E-state index is 14.4. The molecule has 0 radical (unpaired) electrons. The van der Waals surface area contributed by atoms with Gasteiger partial charge in [0.25, 0.3) is 0 Å². The Bertz CT molecular complexity index is 1030. The SMILES string of the molecule is C[C@H]1[C@@H]2[C@H]1[C@H](C(=O)Cn1ncc(C#N)c1F)[C@@]1(C)CC[C@H]3[C@@H](CC[C@@H]4C[C@](C)(O)CC[C@@H]43)[C@H]21. The number of nitriles is 1. The van der Waals surface area contributed by atoms with Crippen molar-refractivity contribution >= 4 is 5.78 Å². The number of rotatable bonds is 3. The Balaban J connectivity index is 1.26. The molecule has 5 fully saturated rings. The van der Waals surface area contributed by atoms with Gasteiger partial charge in [0.1, 0.15) is 18.2 Å². The van der Waals surface area contributed by atoms with Crippen LogP contribution >= 0.6 is 0 Å². The minimum atomic E-state index is -0.693. The van der Waals surface area contributed by atoms with Gasteiger partial charge in [-0.3, -0.25) is 4.79 Å². The fourth-order valence-corrected chi connectivity index (χ4v) is 9.89. The molecular weight excluding hydrogens is 417 g/mol. The Labute approximate surface area is 195 Å². The van der Waals surface area contributed by atoms with E-state index in [9.17, 15) is 14.3 Å². The summed E-state index contributed by atoms with van der Waals surface area (Å²) < 4.78 is 15.5. The van der Waals surface area contributed by atoms with Gasteiger partial charge in [0, 0.05) is 5.92 Å². The third-order valence-electron chi connectivity index (χ3n) is 11.1. The molecule has 0 amide bonds. The summed E-state index contributed by atoms with van der Waals surface area (Å²) in [6, 6.07) is 1.81. The molecule has 0 saturated heterocycles. The van der Waals surface area contributed by atoms with Gasteiger partial charge < -0.3 is 5.11 Å². The van der Waals surface area contributed by atoms with Crippen molar-refractivity contribution < 1.29 is 14.3 Å². The lowest BCUT2D eigenvalue weighted by Crippen LogP contribution is -2.52. The molecule has 5 saturated carbocycles. The smallest absolute Gasteiger partial charge is 0.229 e. The average molecular weight is 454 g/mol. The molecule has 11 atom stereocenters. The topological polar surface area (TPSA) is 78.9 Å². The van der Waals surface area contributed by atoms with Crippen LogP contribution in [0.25, 0.3) is 0 Å². The molecule has 5 nitrogen and oxygen atoms in total. The van der Waals surface area contributed by atoms with Crippen LogP contribution < -0.4 is 0 Å². The summed E-state index contributed by atoms with van der Waals surface area (Å²) in [5, 5.41) is 23.7. The van der Waals surface area contributed by atoms with E-state index < -0.39 is 11.5 Å². The van der Waals surface area contributed by atoms with Crippen molar-refractivity contribution in [2.75, 3.05) is 0 Å². The van der Waals surface area contributed by atoms with Crippen molar-refractivity contribution in [2.45, 2.75) is 77.9 Å². The second-order valence-corrected chi connectivity index (χ2v) is 12.7. The standard InChI is InChI=1S/C27H36FN3O2/c1-14-21-22(14)24(20(32)13-31-25(28)16(11-29)12-30-31)27(3)9-7-18-17-6-8-26(2,33)10-15(17)4-5-19(18)23(21)27/h12,14-15,17-19,21-24,33H,4-10,13H2,1-3H3/t14-,15+,17-,18+,19+,21+,22-,23+,24-,26+,27-/m0/s1. The molecule has 0 unspecified atom stereocenters. The third-order valence-corrected chi connectivity index (χ3v) is 11.1. The lowest BCUT2D eigenvalue weighted by molar-refractivity contribution is -0.137. The highest BCUT2D eigenvalue weighted by molar-refractivity contribution is 5.83. The number of Topliss-reactive ketones (excluding diaryl/α,β-unsaturated/α-hetero) is 1. The highest BCUT2D eigenvalue weighted by Crippen LogP contribution is 2.76. The molecule has 6 rings (SSSR count). The van der Waals surface area contributed by atoms with Gasteiger partial charge in [0.05, 0.1) is 11.8 Å². The van der Waals surface area contributed by atoms with Crippen LogP contribution in [0, 0.1) is 76.0 Å². The maximum absolute atomic E-state index is 14.4. The van der Waals surface area contributed by atoms with E-state index in [1.807, 2.05) is 13.0 Å². The zero-order chi connectivity index (χ0) is 23.3. The van der Waals surface area contributed by atoms with Gasteiger partial charge in [-0.15, -0.1) is 0 Å². The molecular formula is C27H36FN3O2. The molecule has 0 aromatic carbocycles. The van der Waals surface area contributed by atoms with Gasteiger partial charge in [0.15, 0.2) is 5.78 Å². The first-order valence-electron chi connectivity index (χ1n) is 13.0. The Morgan fingerprint density at radius 3 is 2.70 bits per heavy atom. The number of carbonyl (C=O) groups is 1. The minimum Gasteiger partial charge on any atom is -0.390 e. The lowest BCUT2D eigenvalue weighted by atomic mass is 9.47. The van der Waals surface area contributed by atoms with E-state index in [-0.39, 0.29) is 29.2 Å². The van der Waals surface area contributed by atoms with Gasteiger partial charge in [-0.1, -0.05) is 13.8 Å². The van der Waals surface area contributed by atoms with E-state index in [0.29, 0.717) is 35.5 Å². The van der Waals surface area contributed by atoms with Gasteiger partial charge in [-0.25, -0.2) is 4.68 Å². The number of aliphatic hydroxyl groups is 1. The van der Waals surface area contributed by atoms with Crippen molar-refractivity contribution in [1.29, 1.82) is 5.26 Å². The van der Waals surface area contributed by atoms with Crippen molar-refractivity contribution in [1.82, 2.24) is 9.78 Å². The van der Waals surface area contributed by atoms with Crippen LogP contribution in [0.15, 0.2) is 6.20 Å². The van der Waals surface area contributed by atoms with Crippen LogP contribution in [0.1, 0.15) is 71.3 Å². The summed E-state index contributed by atoms with van der Waals surface area (Å²) in [6.07, 6.45) is 8.96. The Kier molecular flexibility index (Phi) is 4.71. The van der Waals surface area contributed by atoms with Crippen molar-refractivity contribution in [3.63, 3.8) is 0 Å². The maximum Gasteiger partial charge on any atom is 0.229 e. The molecule has 0 aliphatic heterocycles. The van der Waals surface area contributed by atoms with Crippen molar-refractivity contribution in [3.8, 4) is 6.07 Å². The second-order valence-electron chi connectivity index (χ2n) is 12.7. The largest absolute Gasteiger partial charge is 0.390 e. The average Bonchev–Trinajstić information content (AvgIpc) is 3.11. The molecule has 1 N–H and O–H groups in total. The molecule has 5 aliphatic rings. The summed E-state index contributed by atoms with van der Waals surface area (Å²) in [5.74, 6) is 4.40. The summed E-state index contributed by atoms with van der Waals surface area (Å²) in [7, 11) is 0. The Morgan fingerprint density at radius 1 is 1.21 bits per heavy atom. The molecule has 5 aliphatic carbocycles. The van der Waals surface area contributed by atoms with Crippen LogP contribution in [0.3, 0.4) is 0 Å². The molecule has 1 heterocycles. The number of aromatic nitrogens is 2. The van der Waals surface area contributed by atoms with Crippen LogP contribution in [0.2, 0.25) is 0 Å². The van der Waals surface area contributed by atoms with E-state index in [1.54, 1.807) is 0 Å². The highest BCUT2D eigenvalue weighted by Gasteiger charge is 2.74. The first-order chi connectivity index (χ1) is 15.7. The van der Waals surface area contributed by atoms with Gasteiger partial charge >= 0.3 is 0 Å². The van der Waals surface area contributed by atoms with Crippen molar-refractivity contribution in [2.24, 2.45) is 58.7 Å². The summed E-state index contributed by atoms with van der Waals surface area (Å²) >= 11 is 0. The van der Waals surface area contributed by atoms with E-state index in [4.69, 9.17) is 5.26 Å². The third kappa shape index (κ3) is 3.03. The first-order valence-corrected chi connectivity index (χ1v) is 13.0. The quantitative estimate of drug-likeness (QED) is 0.726. The fourth-order valence-electron chi connectivity index (χ4n) is 9.89. The zero-order valence-electron chi connectivity index (χ0n) is 20.0. The number of fused-ring (bicyclic) bond motifs is 7. The summed E-state index contributed by atoms with van der Waals surface area (Å²) in [5.41, 5.74) is -0.597. The zero-order valence-corrected chi connectivity index (χ0v) is 20.0. The van der Waals surface area contributed by atoms with E-state index in [0.717, 1.165) is 42.2 Å². The molecule has 33 heavy (non-hydrogen) atoms. The Hall–Kier alpha value is -1.74. The predicted molar refractivity (Wildman–Crippen MR) is 120 cm³/mol. The molecule has 1 aromatic heterocycles. The van der Waals surface area contributed by atoms with Crippen LogP contribution in [-0.4, -0.2) is 26.3 Å². The predicted octanol–water partition coefficient (Wildman–Crippen LogP) is 4.58. The van der Waals surface area contributed by atoms with Crippen LogP contribution in [0.4, 0.5) is 4.39 Å². The molecule has 178 valence electrons. The molecule has 1 aromatic rings. The lowest BCUT2D eigenvalue weighted by Gasteiger charge is -2.58. The van der Waals surface area contributed by atoms with Gasteiger partial charge in [-0.2, -0.15) is 14.8 Å². The van der Waals surface area contributed by atoms with Gasteiger partial charge in [-0.05, 0) is 105 Å². The number of nitrogens with zero attached hydrogens (tertiary/aromatic N) is 3. The first kappa shape index (κ1) is 21.8. The number of hydrogen-bond acceptors (Lipinski definition) is 4. The summed E-state index contributed by atoms with van der Waals surface area (Å²) in [6.45, 7) is 6.61. The van der Waals surface area contributed by atoms with E-state index in [1.165, 1.54) is 25.5 Å². The highest BCUT2D eigenvalue weighted by atomic mass is 19.1. The molecule has 0 spiro atoms.